The number of nitrogens with one attached hydrogen (secondary N) is 2. The van der Waals surface area contributed by atoms with Crippen LogP contribution >= 0.6 is 0 Å². The van der Waals surface area contributed by atoms with Crippen molar-refractivity contribution in [3.8, 4) is 0 Å². The Balaban J connectivity index is 3.70. The van der Waals surface area contributed by atoms with Crippen molar-refractivity contribution in [3.05, 3.63) is 0 Å². The van der Waals surface area contributed by atoms with Crippen LogP contribution in [0.4, 0.5) is 0 Å². The smallest absolute Gasteiger partial charge is 0.323 e. The second-order valence-electron chi connectivity index (χ2n) is 8.89. The van der Waals surface area contributed by atoms with Crippen molar-refractivity contribution in [3.63, 3.8) is 0 Å². The second kappa shape index (κ2) is 25.6. The van der Waals surface area contributed by atoms with Gasteiger partial charge in [-0.25, -0.2) is 0 Å². The molecule has 0 amide bonds. The topological polar surface area (TPSA) is 70.6 Å². The van der Waals surface area contributed by atoms with E-state index in [1.54, 1.807) is 0 Å². The van der Waals surface area contributed by atoms with Crippen LogP contribution in [0.2, 0.25) is 0 Å². The Morgan fingerprint density at radius 1 is 0.710 bits per heavy atom. The summed E-state index contributed by atoms with van der Waals surface area (Å²) in [5.74, 6) is -0.0569. The van der Waals surface area contributed by atoms with E-state index < -0.39 is 0 Å². The molecule has 5 nitrogen and oxygen atoms in total. The third-order valence-electron chi connectivity index (χ3n) is 5.81. The molecule has 0 aliphatic heterocycles. The third-order valence-corrected chi connectivity index (χ3v) is 5.81. The lowest BCUT2D eigenvalue weighted by Crippen LogP contribution is -2.38. The van der Waals surface area contributed by atoms with Crippen LogP contribution in [0.1, 0.15) is 123 Å². The molecule has 186 valence electrons. The standard InChI is InChI=1S/C26H54N2O3/c1-3-5-7-8-9-10-11-15-22-28-25(19-6-4-2)26(30)31-24-18-13-12-14-20-27-21-16-17-23-29/h25,27-29H,3-24H2,1-2H3. The van der Waals surface area contributed by atoms with E-state index in [0.29, 0.717) is 6.61 Å². The summed E-state index contributed by atoms with van der Waals surface area (Å²) in [6.07, 6.45) is 19.9. The number of hydrogen-bond acceptors (Lipinski definition) is 5. The van der Waals surface area contributed by atoms with Crippen LogP contribution in [0, 0.1) is 0 Å². The van der Waals surface area contributed by atoms with Gasteiger partial charge < -0.3 is 20.5 Å². The summed E-state index contributed by atoms with van der Waals surface area (Å²) >= 11 is 0. The van der Waals surface area contributed by atoms with E-state index in [1.165, 1.54) is 51.4 Å². The van der Waals surface area contributed by atoms with Crippen LogP contribution in [0.5, 0.6) is 0 Å². The average Bonchev–Trinajstić information content (AvgIpc) is 2.78. The lowest BCUT2D eigenvalue weighted by molar-refractivity contribution is -0.146. The van der Waals surface area contributed by atoms with Crippen molar-refractivity contribution >= 4 is 5.97 Å². The fourth-order valence-electron chi connectivity index (χ4n) is 3.71. The molecule has 0 saturated heterocycles. The molecule has 5 heteroatoms. The Morgan fingerprint density at radius 2 is 1.26 bits per heavy atom. The predicted octanol–water partition coefficient (Wildman–Crippen LogP) is 5.74. The van der Waals surface area contributed by atoms with E-state index >= 15 is 0 Å². The number of hydrogen-bond donors (Lipinski definition) is 3. The van der Waals surface area contributed by atoms with Gasteiger partial charge in [0.25, 0.3) is 0 Å². The lowest BCUT2D eigenvalue weighted by atomic mass is 10.1. The molecule has 0 spiro atoms. The van der Waals surface area contributed by atoms with Gasteiger partial charge in [0.1, 0.15) is 6.04 Å². The highest BCUT2D eigenvalue weighted by Gasteiger charge is 2.18. The third kappa shape index (κ3) is 22.3. The normalized spacial score (nSPS) is 12.2. The maximum atomic E-state index is 12.5. The molecule has 0 heterocycles. The van der Waals surface area contributed by atoms with Crippen LogP contribution in [0.3, 0.4) is 0 Å². The van der Waals surface area contributed by atoms with Crippen molar-refractivity contribution in [2.75, 3.05) is 32.8 Å². The summed E-state index contributed by atoms with van der Waals surface area (Å²) in [6, 6.07) is -0.132. The molecule has 1 unspecified atom stereocenters. The maximum Gasteiger partial charge on any atom is 0.323 e. The van der Waals surface area contributed by atoms with Gasteiger partial charge in [-0.15, -0.1) is 0 Å². The number of ether oxygens (including phenoxy) is 1. The molecule has 0 aromatic heterocycles. The molecular weight excluding hydrogens is 388 g/mol. The molecular formula is C26H54N2O3. The monoisotopic (exact) mass is 442 g/mol. The summed E-state index contributed by atoms with van der Waals surface area (Å²) in [4.78, 5) is 12.5. The van der Waals surface area contributed by atoms with Gasteiger partial charge >= 0.3 is 5.97 Å². The molecule has 0 aliphatic carbocycles. The van der Waals surface area contributed by atoms with E-state index in [2.05, 4.69) is 24.5 Å². The van der Waals surface area contributed by atoms with Crippen LogP contribution in [-0.4, -0.2) is 50.0 Å². The Hall–Kier alpha value is -0.650. The van der Waals surface area contributed by atoms with Gasteiger partial charge in [-0.05, 0) is 58.2 Å². The molecule has 0 aromatic rings. The van der Waals surface area contributed by atoms with Gasteiger partial charge in [0.15, 0.2) is 0 Å². The molecule has 1 atom stereocenters. The minimum atomic E-state index is -0.132. The van der Waals surface area contributed by atoms with Gasteiger partial charge in [0.05, 0.1) is 6.61 Å². The highest BCUT2D eigenvalue weighted by Crippen LogP contribution is 2.09. The summed E-state index contributed by atoms with van der Waals surface area (Å²) in [6.45, 7) is 8.20. The van der Waals surface area contributed by atoms with E-state index in [1.807, 2.05) is 0 Å². The van der Waals surface area contributed by atoms with Crippen molar-refractivity contribution in [2.45, 2.75) is 129 Å². The van der Waals surface area contributed by atoms with Gasteiger partial charge in [0, 0.05) is 6.61 Å². The molecule has 0 fully saturated rings. The van der Waals surface area contributed by atoms with Gasteiger partial charge in [-0.3, -0.25) is 4.79 Å². The second-order valence-corrected chi connectivity index (χ2v) is 8.89. The molecule has 31 heavy (non-hydrogen) atoms. The summed E-state index contributed by atoms with van der Waals surface area (Å²) in [5, 5.41) is 15.6. The summed E-state index contributed by atoms with van der Waals surface area (Å²) < 4.78 is 5.57. The van der Waals surface area contributed by atoms with Crippen molar-refractivity contribution in [1.29, 1.82) is 0 Å². The number of unbranched alkanes of at least 4 members (excludes halogenated alkanes) is 12. The Bertz CT molecular complexity index is 367. The zero-order chi connectivity index (χ0) is 22.8. The quantitative estimate of drug-likeness (QED) is 0.124. The number of carbonyl (C=O) groups is 1. The SMILES string of the molecule is CCCCCCCCCCNC(CCCC)C(=O)OCCCCCCNCCCCO. The summed E-state index contributed by atoms with van der Waals surface area (Å²) in [5.41, 5.74) is 0. The first-order chi connectivity index (χ1) is 15.3. The van der Waals surface area contributed by atoms with E-state index in [4.69, 9.17) is 9.84 Å². The fraction of sp³-hybridized carbons (Fsp3) is 0.962. The first-order valence-electron chi connectivity index (χ1n) is 13.5. The van der Waals surface area contributed by atoms with Crippen LogP contribution < -0.4 is 10.6 Å². The first kappa shape index (κ1) is 30.4. The minimum Gasteiger partial charge on any atom is -0.465 e. The first-order valence-corrected chi connectivity index (χ1v) is 13.5. The molecule has 3 N–H and O–H groups in total. The minimum absolute atomic E-state index is 0.0569. The molecule has 0 rings (SSSR count). The Morgan fingerprint density at radius 3 is 1.90 bits per heavy atom. The zero-order valence-electron chi connectivity index (χ0n) is 20.9. The molecule has 0 radical (unpaired) electrons. The molecule has 0 aromatic carbocycles. The number of aliphatic hydroxyl groups is 1. The highest BCUT2D eigenvalue weighted by atomic mass is 16.5. The van der Waals surface area contributed by atoms with Crippen LogP contribution in [0.25, 0.3) is 0 Å². The summed E-state index contributed by atoms with van der Waals surface area (Å²) in [7, 11) is 0. The molecule has 0 aliphatic rings. The van der Waals surface area contributed by atoms with Crippen LogP contribution in [0.15, 0.2) is 0 Å². The van der Waals surface area contributed by atoms with Crippen molar-refractivity contribution in [2.24, 2.45) is 0 Å². The lowest BCUT2D eigenvalue weighted by Gasteiger charge is -2.17. The molecule has 0 bridgehead atoms. The van der Waals surface area contributed by atoms with Crippen molar-refractivity contribution in [1.82, 2.24) is 10.6 Å². The fourth-order valence-corrected chi connectivity index (χ4v) is 3.71. The predicted molar refractivity (Wildman–Crippen MR) is 133 cm³/mol. The van der Waals surface area contributed by atoms with Gasteiger partial charge in [-0.2, -0.15) is 0 Å². The Kier molecular flexibility index (Phi) is 25.1. The van der Waals surface area contributed by atoms with E-state index in [0.717, 1.165) is 77.4 Å². The highest BCUT2D eigenvalue weighted by molar-refractivity contribution is 5.75. The largest absolute Gasteiger partial charge is 0.465 e. The number of carbonyl (C=O) groups excluding carboxylic acids is 1. The van der Waals surface area contributed by atoms with Gasteiger partial charge in [0.2, 0.25) is 0 Å². The van der Waals surface area contributed by atoms with Crippen molar-refractivity contribution < 1.29 is 14.6 Å². The average molecular weight is 443 g/mol. The number of esters is 1. The number of rotatable bonds is 25. The number of aliphatic hydroxyl groups excluding tert-OH is 1. The van der Waals surface area contributed by atoms with Crippen LogP contribution in [-0.2, 0) is 9.53 Å². The van der Waals surface area contributed by atoms with Gasteiger partial charge in [-0.1, -0.05) is 84.5 Å². The zero-order valence-corrected chi connectivity index (χ0v) is 20.9. The maximum absolute atomic E-state index is 12.5. The molecule has 0 saturated carbocycles. The Labute approximate surface area is 193 Å². The van der Waals surface area contributed by atoms with E-state index in [9.17, 15) is 4.79 Å². The van der Waals surface area contributed by atoms with E-state index in [-0.39, 0.29) is 18.6 Å².